The van der Waals surface area contributed by atoms with Gasteiger partial charge in [-0.3, -0.25) is 4.79 Å². The van der Waals surface area contributed by atoms with Crippen LogP contribution in [0.15, 0.2) is 41.9 Å². The van der Waals surface area contributed by atoms with E-state index in [0.29, 0.717) is 31.9 Å². The van der Waals surface area contributed by atoms with Crippen LogP contribution in [0.4, 0.5) is 19.0 Å². The maximum Gasteiger partial charge on any atom is 0.417 e. The van der Waals surface area contributed by atoms with Crippen molar-refractivity contribution in [3.8, 4) is 16.3 Å². The fraction of sp³-hybridized carbons (Fsp3) is 0.286. The number of rotatable bonds is 4. The Kier molecular flexibility index (Phi) is 6.25. The van der Waals surface area contributed by atoms with Gasteiger partial charge in [-0.2, -0.15) is 13.2 Å². The Morgan fingerprint density at radius 3 is 2.44 bits per heavy atom. The van der Waals surface area contributed by atoms with E-state index in [-0.39, 0.29) is 16.7 Å². The number of carbonyl (C=O) groups excluding carboxylic acids is 1. The van der Waals surface area contributed by atoms with Gasteiger partial charge in [0.1, 0.15) is 22.3 Å². The number of thiazole rings is 1. The Hall–Kier alpha value is -2.85. The Morgan fingerprint density at radius 2 is 1.84 bits per heavy atom. The van der Waals surface area contributed by atoms with Gasteiger partial charge in [-0.1, -0.05) is 11.6 Å². The van der Waals surface area contributed by atoms with Crippen LogP contribution >= 0.6 is 22.9 Å². The minimum Gasteiger partial charge on any atom is -0.497 e. The number of pyridine rings is 1. The number of piperazine rings is 1. The third-order valence-corrected chi connectivity index (χ3v) is 6.25. The van der Waals surface area contributed by atoms with Crippen molar-refractivity contribution >= 4 is 34.7 Å². The van der Waals surface area contributed by atoms with E-state index in [1.165, 1.54) is 11.3 Å². The van der Waals surface area contributed by atoms with Crippen molar-refractivity contribution in [2.24, 2.45) is 0 Å². The SMILES string of the molecule is COc1ccc(-c2nc(C(=O)N3CCN(c4ncc(C(F)(F)F)cc4Cl)CC3)cs2)cc1. The molecule has 0 unspecified atom stereocenters. The summed E-state index contributed by atoms with van der Waals surface area (Å²) in [5.74, 6) is 0.830. The number of amides is 1. The van der Waals surface area contributed by atoms with E-state index >= 15 is 0 Å². The average Bonchev–Trinajstić information content (AvgIpc) is 3.28. The average molecular weight is 483 g/mol. The molecule has 0 atom stereocenters. The van der Waals surface area contributed by atoms with E-state index in [1.54, 1.807) is 22.3 Å². The fourth-order valence-corrected chi connectivity index (χ4v) is 4.43. The molecule has 1 aliphatic rings. The van der Waals surface area contributed by atoms with Crippen LogP contribution in [0.2, 0.25) is 5.02 Å². The number of ether oxygens (including phenoxy) is 1. The zero-order valence-electron chi connectivity index (χ0n) is 16.9. The van der Waals surface area contributed by atoms with Crippen LogP contribution in [-0.2, 0) is 6.18 Å². The van der Waals surface area contributed by atoms with Crippen molar-refractivity contribution in [1.29, 1.82) is 0 Å². The molecule has 0 radical (unpaired) electrons. The molecule has 4 rings (SSSR count). The van der Waals surface area contributed by atoms with Crippen LogP contribution in [0.1, 0.15) is 16.1 Å². The smallest absolute Gasteiger partial charge is 0.417 e. The Labute approximate surface area is 191 Å². The molecule has 0 spiro atoms. The van der Waals surface area contributed by atoms with Gasteiger partial charge in [0.25, 0.3) is 5.91 Å². The lowest BCUT2D eigenvalue weighted by Crippen LogP contribution is -2.49. The first-order valence-electron chi connectivity index (χ1n) is 9.63. The summed E-state index contributed by atoms with van der Waals surface area (Å²) in [6.07, 6.45) is -3.73. The van der Waals surface area contributed by atoms with E-state index < -0.39 is 11.7 Å². The molecule has 32 heavy (non-hydrogen) atoms. The quantitative estimate of drug-likeness (QED) is 0.532. The number of hydrogen-bond donors (Lipinski definition) is 0. The van der Waals surface area contributed by atoms with Crippen LogP contribution < -0.4 is 9.64 Å². The van der Waals surface area contributed by atoms with Crippen molar-refractivity contribution in [1.82, 2.24) is 14.9 Å². The summed E-state index contributed by atoms with van der Waals surface area (Å²) in [4.78, 5) is 24.7. The van der Waals surface area contributed by atoms with Crippen molar-refractivity contribution in [2.75, 3.05) is 38.2 Å². The third kappa shape index (κ3) is 4.66. The molecule has 1 aliphatic heterocycles. The molecule has 2 aromatic heterocycles. The van der Waals surface area contributed by atoms with Gasteiger partial charge in [-0.05, 0) is 30.3 Å². The highest BCUT2D eigenvalue weighted by atomic mass is 35.5. The number of methoxy groups -OCH3 is 1. The Balaban J connectivity index is 1.40. The molecule has 0 aliphatic carbocycles. The van der Waals surface area contributed by atoms with Crippen LogP contribution in [0.25, 0.3) is 10.6 Å². The summed E-state index contributed by atoms with van der Waals surface area (Å²) >= 11 is 7.42. The minimum absolute atomic E-state index is 0.0664. The maximum absolute atomic E-state index is 12.9. The molecular formula is C21H18ClF3N4O2S. The largest absolute Gasteiger partial charge is 0.497 e. The number of nitrogens with zero attached hydrogens (tertiary/aromatic N) is 4. The van der Waals surface area contributed by atoms with Gasteiger partial charge in [-0.25, -0.2) is 9.97 Å². The molecule has 6 nitrogen and oxygen atoms in total. The summed E-state index contributed by atoms with van der Waals surface area (Å²) in [6, 6.07) is 8.30. The maximum atomic E-state index is 12.9. The van der Waals surface area contributed by atoms with E-state index in [2.05, 4.69) is 9.97 Å². The van der Waals surface area contributed by atoms with Gasteiger partial charge in [0.2, 0.25) is 0 Å². The molecule has 1 fully saturated rings. The van der Waals surface area contributed by atoms with Gasteiger partial charge in [0, 0.05) is 43.3 Å². The van der Waals surface area contributed by atoms with Crippen LogP contribution in [0.5, 0.6) is 5.75 Å². The standard InChI is InChI=1S/C21H18ClF3N4O2S/c1-31-15-4-2-13(3-5-15)19-27-17(12-32-19)20(30)29-8-6-28(7-9-29)18-16(22)10-14(11-26-18)21(23,24)25/h2-5,10-12H,6-9H2,1H3. The van der Waals surface area contributed by atoms with Gasteiger partial charge in [-0.15, -0.1) is 11.3 Å². The highest BCUT2D eigenvalue weighted by Gasteiger charge is 2.32. The van der Waals surface area contributed by atoms with E-state index in [4.69, 9.17) is 16.3 Å². The second-order valence-electron chi connectivity index (χ2n) is 7.07. The van der Waals surface area contributed by atoms with E-state index in [9.17, 15) is 18.0 Å². The lowest BCUT2D eigenvalue weighted by atomic mass is 10.2. The topological polar surface area (TPSA) is 58.6 Å². The second-order valence-corrected chi connectivity index (χ2v) is 8.34. The monoisotopic (exact) mass is 482 g/mol. The molecule has 1 aromatic carbocycles. The molecule has 3 heterocycles. The molecular weight excluding hydrogens is 465 g/mol. The van der Waals surface area contributed by atoms with Crippen molar-refractivity contribution in [2.45, 2.75) is 6.18 Å². The van der Waals surface area contributed by atoms with Crippen LogP contribution in [-0.4, -0.2) is 54.1 Å². The molecule has 1 amide bonds. The summed E-state index contributed by atoms with van der Waals surface area (Å²) < 4.78 is 43.6. The number of anilines is 1. The van der Waals surface area contributed by atoms with Gasteiger partial charge >= 0.3 is 6.18 Å². The van der Waals surface area contributed by atoms with E-state index in [1.807, 2.05) is 24.3 Å². The van der Waals surface area contributed by atoms with Crippen LogP contribution in [0, 0.1) is 0 Å². The molecule has 168 valence electrons. The first kappa shape index (κ1) is 22.3. The fourth-order valence-electron chi connectivity index (χ4n) is 3.34. The first-order valence-corrected chi connectivity index (χ1v) is 10.9. The van der Waals surface area contributed by atoms with Crippen molar-refractivity contribution in [3.05, 3.63) is 58.2 Å². The summed E-state index contributed by atoms with van der Waals surface area (Å²) in [6.45, 7) is 1.57. The van der Waals surface area contributed by atoms with Gasteiger partial charge in [0.05, 0.1) is 17.7 Å². The Bertz CT molecular complexity index is 1110. The normalized spacial score (nSPS) is 14.5. The predicted octanol–water partition coefficient (Wildman–Crippen LogP) is 4.85. The molecule has 0 saturated carbocycles. The molecule has 11 heteroatoms. The zero-order valence-corrected chi connectivity index (χ0v) is 18.5. The molecule has 0 N–H and O–H groups in total. The number of halogens is 4. The highest BCUT2D eigenvalue weighted by molar-refractivity contribution is 7.13. The number of carbonyl (C=O) groups is 1. The van der Waals surface area contributed by atoms with Gasteiger partial charge < -0.3 is 14.5 Å². The zero-order chi connectivity index (χ0) is 22.9. The lowest BCUT2D eigenvalue weighted by Gasteiger charge is -2.35. The number of benzene rings is 1. The molecule has 0 bridgehead atoms. The second kappa shape index (κ2) is 8.95. The van der Waals surface area contributed by atoms with Crippen LogP contribution in [0.3, 0.4) is 0 Å². The first-order chi connectivity index (χ1) is 15.3. The van der Waals surface area contributed by atoms with E-state index in [0.717, 1.165) is 28.6 Å². The summed E-state index contributed by atoms with van der Waals surface area (Å²) in [5.41, 5.74) is 0.360. The number of aromatic nitrogens is 2. The molecule has 1 saturated heterocycles. The minimum atomic E-state index is -4.50. The third-order valence-electron chi connectivity index (χ3n) is 5.08. The predicted molar refractivity (Wildman–Crippen MR) is 116 cm³/mol. The van der Waals surface area contributed by atoms with Crippen molar-refractivity contribution in [3.63, 3.8) is 0 Å². The Morgan fingerprint density at radius 1 is 1.16 bits per heavy atom. The number of alkyl halides is 3. The molecule has 3 aromatic rings. The highest BCUT2D eigenvalue weighted by Crippen LogP contribution is 2.34. The lowest BCUT2D eigenvalue weighted by molar-refractivity contribution is -0.137. The van der Waals surface area contributed by atoms with Gasteiger partial charge in [0.15, 0.2) is 0 Å². The summed E-state index contributed by atoms with van der Waals surface area (Å²) in [7, 11) is 1.59. The van der Waals surface area contributed by atoms with Crippen molar-refractivity contribution < 1.29 is 22.7 Å². The number of hydrogen-bond acceptors (Lipinski definition) is 6. The summed E-state index contributed by atoms with van der Waals surface area (Å²) in [5, 5.41) is 2.39.